The molecule has 3 nitrogen and oxygen atoms in total. The van der Waals surface area contributed by atoms with Gasteiger partial charge in [-0.1, -0.05) is 0 Å². The van der Waals surface area contributed by atoms with Gasteiger partial charge in [-0.3, -0.25) is 0 Å². The van der Waals surface area contributed by atoms with Crippen LogP contribution in [-0.2, 0) is 6.42 Å². The zero-order valence-electron chi connectivity index (χ0n) is 10.9. The molecule has 2 aliphatic rings. The lowest BCUT2D eigenvalue weighted by Gasteiger charge is -2.26. The van der Waals surface area contributed by atoms with Crippen LogP contribution in [0.3, 0.4) is 0 Å². The number of hydrogen-bond acceptors (Lipinski definition) is 3. The van der Waals surface area contributed by atoms with Crippen LogP contribution in [0, 0.1) is 12.8 Å². The molecule has 1 saturated carbocycles. The fraction of sp³-hybridized carbons (Fsp3) is 0.600. The molecule has 1 aromatic rings. The Kier molecular flexibility index (Phi) is 3.16. The number of fused-ring (bicyclic) bond motifs is 1. The first-order valence-electron chi connectivity index (χ1n) is 6.87. The van der Waals surface area contributed by atoms with Crippen molar-refractivity contribution in [1.82, 2.24) is 0 Å². The highest BCUT2D eigenvalue weighted by molar-refractivity contribution is 5.48. The zero-order valence-corrected chi connectivity index (χ0v) is 10.9. The summed E-state index contributed by atoms with van der Waals surface area (Å²) in [6, 6.07) is 4.69. The van der Waals surface area contributed by atoms with Crippen molar-refractivity contribution < 1.29 is 9.47 Å². The van der Waals surface area contributed by atoms with Crippen LogP contribution in [-0.4, -0.2) is 12.8 Å². The highest BCUT2D eigenvalue weighted by Gasteiger charge is 2.21. The van der Waals surface area contributed by atoms with Crippen molar-refractivity contribution >= 4 is 0 Å². The molecule has 1 aromatic carbocycles. The second kappa shape index (κ2) is 4.81. The SMILES string of the molecule is Cc1cc2c(cc1CC1CCC(N)CC1)OCO2. The molecule has 2 N–H and O–H groups in total. The van der Waals surface area contributed by atoms with Crippen LogP contribution in [0.15, 0.2) is 12.1 Å². The van der Waals surface area contributed by atoms with E-state index < -0.39 is 0 Å². The van der Waals surface area contributed by atoms with Gasteiger partial charge >= 0.3 is 0 Å². The van der Waals surface area contributed by atoms with Crippen LogP contribution in [0.5, 0.6) is 11.5 Å². The normalized spacial score (nSPS) is 26.3. The Hall–Kier alpha value is -1.22. The molecule has 98 valence electrons. The molecule has 1 aliphatic heterocycles. The van der Waals surface area contributed by atoms with Gasteiger partial charge in [0.15, 0.2) is 11.5 Å². The summed E-state index contributed by atoms with van der Waals surface area (Å²) in [5.74, 6) is 2.58. The average molecular weight is 247 g/mol. The molecule has 0 spiro atoms. The topological polar surface area (TPSA) is 44.5 Å². The molecule has 1 heterocycles. The highest BCUT2D eigenvalue weighted by atomic mass is 16.7. The van der Waals surface area contributed by atoms with Crippen LogP contribution in [0.1, 0.15) is 36.8 Å². The lowest BCUT2D eigenvalue weighted by Crippen LogP contribution is -2.27. The van der Waals surface area contributed by atoms with E-state index in [0.29, 0.717) is 12.8 Å². The summed E-state index contributed by atoms with van der Waals surface area (Å²) >= 11 is 0. The zero-order chi connectivity index (χ0) is 12.5. The molecule has 3 heteroatoms. The monoisotopic (exact) mass is 247 g/mol. The maximum absolute atomic E-state index is 5.96. The number of aryl methyl sites for hydroxylation is 1. The Labute approximate surface area is 108 Å². The number of rotatable bonds is 2. The van der Waals surface area contributed by atoms with Gasteiger partial charge in [-0.25, -0.2) is 0 Å². The Bertz CT molecular complexity index is 436. The van der Waals surface area contributed by atoms with Gasteiger partial charge in [-0.2, -0.15) is 0 Å². The van der Waals surface area contributed by atoms with E-state index in [2.05, 4.69) is 19.1 Å². The third-order valence-electron chi connectivity index (χ3n) is 4.23. The van der Waals surface area contributed by atoms with Crippen LogP contribution >= 0.6 is 0 Å². The number of ether oxygens (including phenoxy) is 2. The summed E-state index contributed by atoms with van der Waals surface area (Å²) in [5.41, 5.74) is 8.67. The van der Waals surface area contributed by atoms with E-state index in [1.165, 1.54) is 36.8 Å². The molecule has 0 atom stereocenters. The Morgan fingerprint density at radius 1 is 1.11 bits per heavy atom. The molecule has 0 bridgehead atoms. The summed E-state index contributed by atoms with van der Waals surface area (Å²) in [4.78, 5) is 0. The largest absolute Gasteiger partial charge is 0.454 e. The number of nitrogens with two attached hydrogens (primary N) is 1. The van der Waals surface area contributed by atoms with Gasteiger partial charge < -0.3 is 15.2 Å². The molecule has 18 heavy (non-hydrogen) atoms. The number of hydrogen-bond donors (Lipinski definition) is 1. The van der Waals surface area contributed by atoms with Crippen molar-refractivity contribution in [3.63, 3.8) is 0 Å². The predicted octanol–water partition coefficient (Wildman–Crippen LogP) is 2.78. The molecule has 0 amide bonds. The second-order valence-electron chi connectivity index (χ2n) is 5.62. The van der Waals surface area contributed by atoms with Gasteiger partial charge in [0, 0.05) is 6.04 Å². The standard InChI is InChI=1S/C15H21NO2/c1-10-6-14-15(18-9-17-14)8-12(10)7-11-2-4-13(16)5-3-11/h6,8,11,13H,2-5,7,9,16H2,1H3. The molecule has 3 rings (SSSR count). The van der Waals surface area contributed by atoms with E-state index in [1.54, 1.807) is 0 Å². The molecular weight excluding hydrogens is 226 g/mol. The molecule has 0 radical (unpaired) electrons. The number of benzene rings is 1. The van der Waals surface area contributed by atoms with Crippen LogP contribution in [0.25, 0.3) is 0 Å². The third-order valence-corrected chi connectivity index (χ3v) is 4.23. The van der Waals surface area contributed by atoms with Crippen molar-refractivity contribution in [3.8, 4) is 11.5 Å². The van der Waals surface area contributed by atoms with E-state index in [1.807, 2.05) is 0 Å². The van der Waals surface area contributed by atoms with Crippen LogP contribution in [0.4, 0.5) is 0 Å². The molecule has 1 aliphatic carbocycles. The van der Waals surface area contributed by atoms with Gasteiger partial charge in [0.05, 0.1) is 0 Å². The summed E-state index contributed by atoms with van der Waals surface area (Å²) in [5, 5.41) is 0. The van der Waals surface area contributed by atoms with E-state index >= 15 is 0 Å². The summed E-state index contributed by atoms with van der Waals surface area (Å²) < 4.78 is 10.9. The molecular formula is C15H21NO2. The maximum Gasteiger partial charge on any atom is 0.231 e. The van der Waals surface area contributed by atoms with Crippen molar-refractivity contribution in [3.05, 3.63) is 23.3 Å². The predicted molar refractivity (Wildman–Crippen MR) is 70.9 cm³/mol. The van der Waals surface area contributed by atoms with Crippen molar-refractivity contribution in [2.75, 3.05) is 6.79 Å². The first-order valence-corrected chi connectivity index (χ1v) is 6.87. The lowest BCUT2D eigenvalue weighted by atomic mass is 9.82. The maximum atomic E-state index is 5.96. The summed E-state index contributed by atoms with van der Waals surface area (Å²) in [6.45, 7) is 2.52. The van der Waals surface area contributed by atoms with E-state index in [-0.39, 0.29) is 0 Å². The fourth-order valence-corrected chi connectivity index (χ4v) is 3.01. The Balaban J connectivity index is 1.73. The van der Waals surface area contributed by atoms with Gasteiger partial charge in [-0.05, 0) is 68.2 Å². The molecule has 0 saturated heterocycles. The molecule has 1 fully saturated rings. The lowest BCUT2D eigenvalue weighted by molar-refractivity contribution is 0.174. The summed E-state index contributed by atoms with van der Waals surface area (Å²) in [6.07, 6.45) is 6.02. The quantitative estimate of drug-likeness (QED) is 0.874. The summed E-state index contributed by atoms with van der Waals surface area (Å²) in [7, 11) is 0. The highest BCUT2D eigenvalue weighted by Crippen LogP contribution is 2.36. The van der Waals surface area contributed by atoms with E-state index in [0.717, 1.165) is 23.8 Å². The first kappa shape index (κ1) is 11.8. The minimum Gasteiger partial charge on any atom is -0.454 e. The fourth-order valence-electron chi connectivity index (χ4n) is 3.01. The Morgan fingerprint density at radius 3 is 2.50 bits per heavy atom. The minimum atomic E-state index is 0.358. The van der Waals surface area contributed by atoms with Gasteiger partial charge in [0.2, 0.25) is 6.79 Å². The van der Waals surface area contributed by atoms with Gasteiger partial charge in [-0.15, -0.1) is 0 Å². The minimum absolute atomic E-state index is 0.358. The van der Waals surface area contributed by atoms with Gasteiger partial charge in [0.25, 0.3) is 0 Å². The van der Waals surface area contributed by atoms with Crippen molar-refractivity contribution in [1.29, 1.82) is 0 Å². The first-order chi connectivity index (χ1) is 8.72. The second-order valence-corrected chi connectivity index (χ2v) is 5.62. The van der Waals surface area contributed by atoms with E-state index in [9.17, 15) is 0 Å². The molecule has 0 aromatic heterocycles. The molecule has 0 unspecified atom stereocenters. The van der Waals surface area contributed by atoms with E-state index in [4.69, 9.17) is 15.2 Å². The van der Waals surface area contributed by atoms with Crippen molar-refractivity contribution in [2.24, 2.45) is 11.7 Å². The smallest absolute Gasteiger partial charge is 0.231 e. The van der Waals surface area contributed by atoms with Crippen LogP contribution in [0.2, 0.25) is 0 Å². The Morgan fingerprint density at radius 2 is 1.78 bits per heavy atom. The van der Waals surface area contributed by atoms with Gasteiger partial charge in [0.1, 0.15) is 0 Å². The van der Waals surface area contributed by atoms with Crippen LogP contribution < -0.4 is 15.2 Å². The third kappa shape index (κ3) is 2.32. The van der Waals surface area contributed by atoms with Crippen molar-refractivity contribution in [2.45, 2.75) is 45.1 Å². The average Bonchev–Trinajstić information content (AvgIpc) is 2.79.